The van der Waals surface area contributed by atoms with Crippen LogP contribution in [0.4, 0.5) is 0 Å². The molecule has 5 nitrogen and oxygen atoms in total. The summed E-state index contributed by atoms with van der Waals surface area (Å²) in [5.74, 6) is 0.197. The second-order valence-electron chi connectivity index (χ2n) is 8.12. The summed E-state index contributed by atoms with van der Waals surface area (Å²) in [6.07, 6.45) is 14.9. The number of methoxy groups -OCH3 is 1. The first-order valence-electron chi connectivity index (χ1n) is 12.1. The molecule has 0 atom stereocenters. The lowest BCUT2D eigenvalue weighted by Crippen LogP contribution is -2.09. The fourth-order valence-corrected chi connectivity index (χ4v) is 3.40. The van der Waals surface area contributed by atoms with E-state index in [9.17, 15) is 9.59 Å². The van der Waals surface area contributed by atoms with Crippen molar-refractivity contribution >= 4 is 11.9 Å². The lowest BCUT2D eigenvalue weighted by atomic mass is 10.1. The summed E-state index contributed by atoms with van der Waals surface area (Å²) < 4.78 is 15.6. The molecule has 0 aliphatic carbocycles. The molecule has 176 valence electrons. The highest BCUT2D eigenvalue weighted by Crippen LogP contribution is 2.14. The van der Waals surface area contributed by atoms with Crippen molar-refractivity contribution in [1.82, 2.24) is 0 Å². The van der Waals surface area contributed by atoms with Gasteiger partial charge >= 0.3 is 11.9 Å². The van der Waals surface area contributed by atoms with E-state index >= 15 is 0 Å². The third-order valence-electron chi connectivity index (χ3n) is 5.31. The summed E-state index contributed by atoms with van der Waals surface area (Å²) in [6.45, 7) is 2.94. The van der Waals surface area contributed by atoms with Crippen LogP contribution in [0, 0.1) is 0 Å². The predicted octanol–water partition coefficient (Wildman–Crippen LogP) is 6.76. The molecule has 0 amide bonds. The molecule has 0 spiro atoms. The molecule has 1 rings (SSSR count). The minimum absolute atomic E-state index is 0.208. The van der Waals surface area contributed by atoms with Crippen LogP contribution in [0.15, 0.2) is 24.3 Å². The normalized spacial score (nSPS) is 10.6. The van der Waals surface area contributed by atoms with Gasteiger partial charge < -0.3 is 14.2 Å². The molecule has 0 N–H and O–H groups in total. The summed E-state index contributed by atoms with van der Waals surface area (Å²) in [4.78, 5) is 23.6. The molecule has 0 radical (unpaired) electrons. The Hall–Kier alpha value is -2.04. The Morgan fingerprint density at radius 1 is 0.742 bits per heavy atom. The summed E-state index contributed by atoms with van der Waals surface area (Å²) in [7, 11) is 1.60. The third-order valence-corrected chi connectivity index (χ3v) is 5.31. The fraction of sp³-hybridized carbons (Fsp3) is 0.692. The average Bonchev–Trinajstić information content (AvgIpc) is 2.78. The molecule has 0 fully saturated rings. The standard InChI is InChI=1S/C26H42O5/c1-3-4-5-6-7-8-9-10-11-12-13-20-30-25(27)18-15-19-26(28)31-22-23-16-14-17-24(21-23)29-2/h14,16-17,21H,3-13,15,18-20,22H2,1-2H3. The highest BCUT2D eigenvalue weighted by molar-refractivity contribution is 5.72. The molecule has 5 heteroatoms. The molecule has 0 aromatic heterocycles. The number of benzene rings is 1. The zero-order chi connectivity index (χ0) is 22.6. The number of hydrogen-bond donors (Lipinski definition) is 0. The highest BCUT2D eigenvalue weighted by Gasteiger charge is 2.08. The molecule has 1 aromatic rings. The molecule has 0 heterocycles. The Morgan fingerprint density at radius 2 is 1.32 bits per heavy atom. The SMILES string of the molecule is CCCCCCCCCCCCCOC(=O)CCCC(=O)OCc1cccc(OC)c1. The minimum atomic E-state index is -0.305. The van der Waals surface area contributed by atoms with Crippen LogP contribution in [0.5, 0.6) is 5.75 Å². The van der Waals surface area contributed by atoms with Crippen molar-refractivity contribution in [1.29, 1.82) is 0 Å². The maximum atomic E-state index is 11.8. The van der Waals surface area contributed by atoms with Gasteiger partial charge in [0.2, 0.25) is 0 Å². The quantitative estimate of drug-likeness (QED) is 0.178. The van der Waals surface area contributed by atoms with Crippen molar-refractivity contribution in [2.75, 3.05) is 13.7 Å². The molecular weight excluding hydrogens is 392 g/mol. The van der Waals surface area contributed by atoms with Gasteiger partial charge in [0.25, 0.3) is 0 Å². The van der Waals surface area contributed by atoms with Crippen molar-refractivity contribution in [3.8, 4) is 5.75 Å². The largest absolute Gasteiger partial charge is 0.497 e. The van der Waals surface area contributed by atoms with E-state index in [2.05, 4.69) is 6.92 Å². The van der Waals surface area contributed by atoms with Gasteiger partial charge in [0.1, 0.15) is 12.4 Å². The van der Waals surface area contributed by atoms with Crippen LogP contribution in [-0.2, 0) is 25.7 Å². The summed E-state index contributed by atoms with van der Waals surface area (Å²) >= 11 is 0. The molecule has 0 saturated carbocycles. The van der Waals surface area contributed by atoms with E-state index in [1.165, 1.54) is 57.8 Å². The molecule has 0 saturated heterocycles. The van der Waals surface area contributed by atoms with Gasteiger partial charge in [0, 0.05) is 12.8 Å². The number of ether oxygens (including phenoxy) is 3. The molecule has 0 bridgehead atoms. The van der Waals surface area contributed by atoms with Crippen molar-refractivity contribution in [2.45, 2.75) is 103 Å². The highest BCUT2D eigenvalue weighted by atomic mass is 16.5. The van der Waals surface area contributed by atoms with Crippen LogP contribution in [0.2, 0.25) is 0 Å². The Labute approximate surface area is 188 Å². The maximum Gasteiger partial charge on any atom is 0.306 e. The van der Waals surface area contributed by atoms with Crippen LogP contribution in [-0.4, -0.2) is 25.7 Å². The molecule has 0 aliphatic heterocycles. The Bertz CT molecular complexity index is 599. The zero-order valence-electron chi connectivity index (χ0n) is 19.7. The Kier molecular flexibility index (Phi) is 16.3. The van der Waals surface area contributed by atoms with Crippen LogP contribution < -0.4 is 4.74 Å². The van der Waals surface area contributed by atoms with E-state index in [4.69, 9.17) is 14.2 Å². The molecule has 31 heavy (non-hydrogen) atoms. The first-order chi connectivity index (χ1) is 15.2. The van der Waals surface area contributed by atoms with E-state index in [-0.39, 0.29) is 31.4 Å². The smallest absolute Gasteiger partial charge is 0.306 e. The monoisotopic (exact) mass is 434 g/mol. The summed E-state index contributed by atoms with van der Waals surface area (Å²) in [5.41, 5.74) is 0.874. The first kappa shape index (κ1) is 27.0. The van der Waals surface area contributed by atoms with Gasteiger partial charge in [-0.15, -0.1) is 0 Å². The van der Waals surface area contributed by atoms with E-state index in [0.29, 0.717) is 13.0 Å². The van der Waals surface area contributed by atoms with Gasteiger partial charge in [0.15, 0.2) is 0 Å². The van der Waals surface area contributed by atoms with Gasteiger partial charge in [-0.2, -0.15) is 0 Å². The number of unbranched alkanes of at least 4 members (excludes halogenated alkanes) is 10. The first-order valence-corrected chi connectivity index (χ1v) is 12.1. The summed E-state index contributed by atoms with van der Waals surface area (Å²) in [6, 6.07) is 7.40. The predicted molar refractivity (Wildman–Crippen MR) is 124 cm³/mol. The zero-order valence-corrected chi connectivity index (χ0v) is 19.7. The lowest BCUT2D eigenvalue weighted by Gasteiger charge is -2.07. The second kappa shape index (κ2) is 18.7. The van der Waals surface area contributed by atoms with Crippen LogP contribution in [0.25, 0.3) is 0 Å². The van der Waals surface area contributed by atoms with Gasteiger partial charge in [-0.25, -0.2) is 0 Å². The number of hydrogen-bond acceptors (Lipinski definition) is 5. The number of carbonyl (C=O) groups excluding carboxylic acids is 2. The second-order valence-corrected chi connectivity index (χ2v) is 8.12. The fourth-order valence-electron chi connectivity index (χ4n) is 3.40. The Morgan fingerprint density at radius 3 is 1.94 bits per heavy atom. The topological polar surface area (TPSA) is 61.8 Å². The minimum Gasteiger partial charge on any atom is -0.497 e. The van der Waals surface area contributed by atoms with E-state index < -0.39 is 0 Å². The van der Waals surface area contributed by atoms with Crippen molar-refractivity contribution in [2.24, 2.45) is 0 Å². The van der Waals surface area contributed by atoms with Crippen molar-refractivity contribution < 1.29 is 23.8 Å². The maximum absolute atomic E-state index is 11.8. The van der Waals surface area contributed by atoms with Gasteiger partial charge in [0.05, 0.1) is 13.7 Å². The van der Waals surface area contributed by atoms with Gasteiger partial charge in [-0.3, -0.25) is 9.59 Å². The molecule has 1 aromatic carbocycles. The lowest BCUT2D eigenvalue weighted by molar-refractivity contribution is -0.146. The molecular formula is C26H42O5. The van der Waals surface area contributed by atoms with E-state index in [1.807, 2.05) is 24.3 Å². The van der Waals surface area contributed by atoms with Crippen LogP contribution in [0.3, 0.4) is 0 Å². The van der Waals surface area contributed by atoms with E-state index in [0.717, 1.165) is 24.2 Å². The number of esters is 2. The van der Waals surface area contributed by atoms with Crippen LogP contribution >= 0.6 is 0 Å². The van der Waals surface area contributed by atoms with Crippen molar-refractivity contribution in [3.63, 3.8) is 0 Å². The average molecular weight is 435 g/mol. The molecule has 0 aliphatic rings. The van der Waals surface area contributed by atoms with Gasteiger partial charge in [-0.05, 0) is 30.5 Å². The van der Waals surface area contributed by atoms with Crippen molar-refractivity contribution in [3.05, 3.63) is 29.8 Å². The molecule has 0 unspecified atom stereocenters. The third kappa shape index (κ3) is 15.4. The summed E-state index contributed by atoms with van der Waals surface area (Å²) in [5, 5.41) is 0. The number of carbonyl (C=O) groups is 2. The Balaban J connectivity index is 1.91. The number of rotatable bonds is 19. The van der Waals surface area contributed by atoms with Crippen LogP contribution in [0.1, 0.15) is 102 Å². The van der Waals surface area contributed by atoms with Gasteiger partial charge in [-0.1, -0.05) is 83.3 Å². The van der Waals surface area contributed by atoms with E-state index in [1.54, 1.807) is 7.11 Å².